The summed E-state index contributed by atoms with van der Waals surface area (Å²) in [4.78, 5) is 0.116. The molecule has 0 bridgehead atoms. The van der Waals surface area contributed by atoms with Crippen molar-refractivity contribution in [3.8, 4) is 5.75 Å². The van der Waals surface area contributed by atoms with Crippen LogP contribution < -0.4 is 9.46 Å². The standard InChI is InChI=1S/C13H20N2O5S2/c1-20-12-5-7-13(8-6-12)22(18,19)14-9-10-15(11-3-4-11)21(2,16)17/h5-8,11,14H,3-4,9-10H2,1-2H3. The van der Waals surface area contributed by atoms with Crippen molar-refractivity contribution in [3.05, 3.63) is 24.3 Å². The van der Waals surface area contributed by atoms with Crippen molar-refractivity contribution in [2.75, 3.05) is 26.5 Å². The van der Waals surface area contributed by atoms with Gasteiger partial charge in [-0.05, 0) is 37.1 Å². The molecule has 7 nitrogen and oxygen atoms in total. The zero-order valence-electron chi connectivity index (χ0n) is 12.5. The molecule has 1 aromatic carbocycles. The molecular weight excluding hydrogens is 328 g/mol. The van der Waals surface area contributed by atoms with Gasteiger partial charge in [0.25, 0.3) is 0 Å². The van der Waals surface area contributed by atoms with Gasteiger partial charge in [-0.1, -0.05) is 0 Å². The second kappa shape index (κ2) is 6.53. The smallest absolute Gasteiger partial charge is 0.240 e. The monoisotopic (exact) mass is 348 g/mol. The summed E-state index contributed by atoms with van der Waals surface area (Å²) in [6, 6.07) is 6.01. The van der Waals surface area contributed by atoms with E-state index in [1.807, 2.05) is 0 Å². The van der Waals surface area contributed by atoms with Gasteiger partial charge in [-0.15, -0.1) is 0 Å². The molecule has 1 aliphatic carbocycles. The molecule has 22 heavy (non-hydrogen) atoms. The molecule has 0 spiro atoms. The number of benzene rings is 1. The zero-order chi connectivity index (χ0) is 16.4. The summed E-state index contributed by atoms with van der Waals surface area (Å²) in [7, 11) is -5.47. The maximum atomic E-state index is 12.1. The van der Waals surface area contributed by atoms with Crippen LogP contribution in [0.5, 0.6) is 5.75 Å². The number of hydrogen-bond acceptors (Lipinski definition) is 5. The lowest BCUT2D eigenvalue weighted by Crippen LogP contribution is -2.39. The van der Waals surface area contributed by atoms with Crippen molar-refractivity contribution in [2.24, 2.45) is 0 Å². The number of nitrogens with zero attached hydrogens (tertiary/aromatic N) is 1. The minimum atomic E-state index is -3.66. The van der Waals surface area contributed by atoms with E-state index in [0.29, 0.717) is 5.75 Å². The first-order chi connectivity index (χ1) is 10.2. The van der Waals surface area contributed by atoms with Crippen LogP contribution in [0, 0.1) is 0 Å². The van der Waals surface area contributed by atoms with Gasteiger partial charge in [0.2, 0.25) is 20.0 Å². The molecule has 1 N–H and O–H groups in total. The van der Waals surface area contributed by atoms with Crippen LogP contribution in [0.2, 0.25) is 0 Å². The van der Waals surface area contributed by atoms with Gasteiger partial charge in [0.1, 0.15) is 5.75 Å². The average molecular weight is 348 g/mol. The van der Waals surface area contributed by atoms with Gasteiger partial charge in [-0.3, -0.25) is 0 Å². The predicted octanol–water partition coefficient (Wildman–Crippen LogP) is 0.398. The molecule has 1 saturated carbocycles. The minimum absolute atomic E-state index is 0.0143. The van der Waals surface area contributed by atoms with Gasteiger partial charge in [0.15, 0.2) is 0 Å². The summed E-state index contributed by atoms with van der Waals surface area (Å²) < 4.78 is 56.3. The highest BCUT2D eigenvalue weighted by molar-refractivity contribution is 7.89. The molecular formula is C13H20N2O5S2. The molecule has 0 atom stereocenters. The van der Waals surface area contributed by atoms with Gasteiger partial charge in [0.05, 0.1) is 18.3 Å². The Morgan fingerprint density at radius 2 is 1.77 bits per heavy atom. The summed E-state index contributed by atoms with van der Waals surface area (Å²) in [5, 5.41) is 0. The lowest BCUT2D eigenvalue weighted by molar-refractivity contribution is 0.409. The molecule has 0 saturated heterocycles. The van der Waals surface area contributed by atoms with Gasteiger partial charge in [0, 0.05) is 19.1 Å². The third kappa shape index (κ3) is 4.42. The molecule has 0 radical (unpaired) electrons. The van der Waals surface area contributed by atoms with Crippen molar-refractivity contribution < 1.29 is 21.6 Å². The third-order valence-electron chi connectivity index (χ3n) is 3.37. The van der Waals surface area contributed by atoms with Crippen LogP contribution in [0.1, 0.15) is 12.8 Å². The summed E-state index contributed by atoms with van der Waals surface area (Å²) in [6.45, 7) is 0.177. The Hall–Kier alpha value is -1.16. The van der Waals surface area contributed by atoms with Crippen LogP contribution in [-0.4, -0.2) is 53.6 Å². The molecule has 2 rings (SSSR count). The highest BCUT2D eigenvalue weighted by Crippen LogP contribution is 2.28. The van der Waals surface area contributed by atoms with Crippen LogP contribution in [-0.2, 0) is 20.0 Å². The second-order valence-electron chi connectivity index (χ2n) is 5.18. The van der Waals surface area contributed by atoms with Crippen molar-refractivity contribution in [1.29, 1.82) is 0 Å². The highest BCUT2D eigenvalue weighted by atomic mass is 32.2. The number of ether oxygens (including phenoxy) is 1. The SMILES string of the molecule is COc1ccc(S(=O)(=O)NCCN(C2CC2)S(C)(=O)=O)cc1. The van der Waals surface area contributed by atoms with E-state index >= 15 is 0 Å². The fourth-order valence-electron chi connectivity index (χ4n) is 2.11. The van der Waals surface area contributed by atoms with Crippen LogP contribution >= 0.6 is 0 Å². The predicted molar refractivity (Wildman–Crippen MR) is 82.8 cm³/mol. The maximum absolute atomic E-state index is 12.1. The van der Waals surface area contributed by atoms with E-state index in [4.69, 9.17) is 4.74 Å². The van der Waals surface area contributed by atoms with E-state index in [9.17, 15) is 16.8 Å². The fourth-order valence-corrected chi connectivity index (χ4v) is 4.31. The summed E-state index contributed by atoms with van der Waals surface area (Å²) in [5.74, 6) is 0.566. The fraction of sp³-hybridized carbons (Fsp3) is 0.538. The van der Waals surface area contributed by atoms with Gasteiger partial charge in [-0.25, -0.2) is 21.6 Å². The number of nitrogens with one attached hydrogen (secondary N) is 1. The summed E-state index contributed by atoms with van der Waals surface area (Å²) in [5.41, 5.74) is 0. The molecule has 0 amide bonds. The Morgan fingerprint density at radius 1 is 1.18 bits per heavy atom. The van der Waals surface area contributed by atoms with Crippen molar-refractivity contribution in [2.45, 2.75) is 23.8 Å². The Morgan fingerprint density at radius 3 is 2.23 bits per heavy atom. The molecule has 124 valence electrons. The van der Waals surface area contributed by atoms with Gasteiger partial charge < -0.3 is 4.74 Å². The number of sulfonamides is 2. The Balaban J connectivity index is 1.97. The van der Waals surface area contributed by atoms with Gasteiger partial charge >= 0.3 is 0 Å². The van der Waals surface area contributed by atoms with Gasteiger partial charge in [-0.2, -0.15) is 4.31 Å². The van der Waals surface area contributed by atoms with E-state index in [1.165, 1.54) is 23.5 Å². The summed E-state index contributed by atoms with van der Waals surface area (Å²) >= 11 is 0. The first-order valence-corrected chi connectivity index (χ1v) is 10.2. The Kier molecular flexibility index (Phi) is 5.10. The average Bonchev–Trinajstić information content (AvgIpc) is 3.26. The topological polar surface area (TPSA) is 92.8 Å². The Labute approximate surface area is 131 Å². The van der Waals surface area contributed by atoms with E-state index < -0.39 is 20.0 Å². The van der Waals surface area contributed by atoms with Crippen molar-refractivity contribution in [1.82, 2.24) is 9.03 Å². The quantitative estimate of drug-likeness (QED) is 0.734. The second-order valence-corrected chi connectivity index (χ2v) is 8.88. The first kappa shape index (κ1) is 17.2. The number of hydrogen-bond donors (Lipinski definition) is 1. The molecule has 1 fully saturated rings. The summed E-state index contributed by atoms with van der Waals surface area (Å²) in [6.07, 6.45) is 2.81. The van der Waals surface area contributed by atoms with Crippen LogP contribution in [0.4, 0.5) is 0 Å². The van der Waals surface area contributed by atoms with Crippen molar-refractivity contribution in [3.63, 3.8) is 0 Å². The minimum Gasteiger partial charge on any atom is -0.497 e. The normalized spacial score (nSPS) is 16.0. The van der Waals surface area contributed by atoms with E-state index in [1.54, 1.807) is 12.1 Å². The van der Waals surface area contributed by atoms with E-state index in [0.717, 1.165) is 19.1 Å². The maximum Gasteiger partial charge on any atom is 0.240 e. The van der Waals surface area contributed by atoms with Crippen LogP contribution in [0.3, 0.4) is 0 Å². The lowest BCUT2D eigenvalue weighted by atomic mass is 10.3. The number of rotatable bonds is 8. The van der Waals surface area contributed by atoms with Crippen LogP contribution in [0.25, 0.3) is 0 Å². The molecule has 9 heteroatoms. The zero-order valence-corrected chi connectivity index (χ0v) is 14.2. The molecule has 0 heterocycles. The van der Waals surface area contributed by atoms with Crippen LogP contribution in [0.15, 0.2) is 29.2 Å². The first-order valence-electron chi connectivity index (χ1n) is 6.84. The lowest BCUT2D eigenvalue weighted by Gasteiger charge is -2.19. The highest BCUT2D eigenvalue weighted by Gasteiger charge is 2.34. The molecule has 1 aliphatic rings. The van der Waals surface area contributed by atoms with Crippen molar-refractivity contribution >= 4 is 20.0 Å². The number of methoxy groups -OCH3 is 1. The third-order valence-corrected chi connectivity index (χ3v) is 6.18. The van der Waals surface area contributed by atoms with E-state index in [2.05, 4.69) is 4.72 Å². The largest absolute Gasteiger partial charge is 0.497 e. The Bertz CT molecular complexity index is 709. The van der Waals surface area contributed by atoms with E-state index in [-0.39, 0.29) is 24.0 Å². The molecule has 0 aromatic heterocycles. The molecule has 0 aliphatic heterocycles. The molecule has 0 unspecified atom stereocenters. The molecule has 1 aromatic rings.